The van der Waals surface area contributed by atoms with Crippen LogP contribution in [0.25, 0.3) is 0 Å². The van der Waals surface area contributed by atoms with Gasteiger partial charge in [0.25, 0.3) is 0 Å². The van der Waals surface area contributed by atoms with Crippen LogP contribution in [0.1, 0.15) is 59.8 Å². The molecule has 1 fully saturated rings. The molecule has 0 aromatic rings. The minimum atomic E-state index is -0.264. The number of likely N-dealkylation sites (tertiary alicyclic amines) is 1. The van der Waals surface area contributed by atoms with E-state index < -0.39 is 0 Å². The maximum atomic E-state index is 12.5. The third kappa shape index (κ3) is 3.55. The summed E-state index contributed by atoms with van der Waals surface area (Å²) in [5, 5.41) is 0. The average Bonchev–Trinajstić information content (AvgIpc) is 2.89. The summed E-state index contributed by atoms with van der Waals surface area (Å²) in [4.78, 5) is 14.9. The topological polar surface area (TPSA) is 29.5 Å². The predicted molar refractivity (Wildman–Crippen MR) is 74.8 cm³/mol. The van der Waals surface area contributed by atoms with Crippen LogP contribution in [0.4, 0.5) is 0 Å². The fourth-order valence-electron chi connectivity index (χ4n) is 2.59. The second kappa shape index (κ2) is 6.16. The van der Waals surface area contributed by atoms with E-state index >= 15 is 0 Å². The van der Waals surface area contributed by atoms with Gasteiger partial charge in [0.1, 0.15) is 0 Å². The Morgan fingerprint density at radius 1 is 1.22 bits per heavy atom. The van der Waals surface area contributed by atoms with E-state index in [2.05, 4.69) is 18.7 Å². The van der Waals surface area contributed by atoms with Crippen LogP contribution >= 0.6 is 0 Å². The highest BCUT2D eigenvalue weighted by molar-refractivity contribution is 5.88. The van der Waals surface area contributed by atoms with Gasteiger partial charge in [-0.2, -0.15) is 0 Å². The molecular weight excluding hydrogens is 226 g/mol. The van der Waals surface area contributed by atoms with Crippen molar-refractivity contribution in [2.24, 2.45) is 0 Å². The standard InChI is InChI=1S/C15H29NO2/c1-6-15(4,16-11-7-8-12-16)13(17)9-10-14(2,3)18-5/h6-12H2,1-5H3. The van der Waals surface area contributed by atoms with Gasteiger partial charge in [-0.05, 0) is 59.5 Å². The molecule has 0 bridgehead atoms. The van der Waals surface area contributed by atoms with E-state index in [1.807, 2.05) is 13.8 Å². The molecule has 0 aliphatic carbocycles. The molecule has 0 spiro atoms. The Bertz CT molecular complexity index is 282. The first kappa shape index (κ1) is 15.6. The van der Waals surface area contributed by atoms with Crippen LogP contribution in [0.5, 0.6) is 0 Å². The van der Waals surface area contributed by atoms with Crippen molar-refractivity contribution in [1.82, 2.24) is 4.90 Å². The van der Waals surface area contributed by atoms with Crippen molar-refractivity contribution in [2.45, 2.75) is 70.9 Å². The molecule has 1 rings (SSSR count). The van der Waals surface area contributed by atoms with E-state index in [-0.39, 0.29) is 11.1 Å². The predicted octanol–water partition coefficient (Wildman–Crippen LogP) is 3.03. The molecule has 1 heterocycles. The Morgan fingerprint density at radius 3 is 2.22 bits per heavy atom. The van der Waals surface area contributed by atoms with Gasteiger partial charge < -0.3 is 4.74 Å². The normalized spacial score (nSPS) is 20.9. The number of carbonyl (C=O) groups excluding carboxylic acids is 1. The van der Waals surface area contributed by atoms with Crippen molar-refractivity contribution in [1.29, 1.82) is 0 Å². The number of methoxy groups -OCH3 is 1. The summed E-state index contributed by atoms with van der Waals surface area (Å²) in [6.45, 7) is 10.5. The molecule has 1 aliphatic heterocycles. The zero-order valence-corrected chi connectivity index (χ0v) is 12.7. The maximum absolute atomic E-state index is 12.5. The fraction of sp³-hybridized carbons (Fsp3) is 0.933. The number of nitrogens with zero attached hydrogens (tertiary/aromatic N) is 1. The number of carbonyl (C=O) groups is 1. The van der Waals surface area contributed by atoms with Gasteiger partial charge in [-0.1, -0.05) is 6.92 Å². The lowest BCUT2D eigenvalue weighted by Crippen LogP contribution is -2.51. The molecule has 0 aromatic carbocycles. The second-order valence-corrected chi connectivity index (χ2v) is 6.21. The van der Waals surface area contributed by atoms with Crippen molar-refractivity contribution < 1.29 is 9.53 Å². The van der Waals surface area contributed by atoms with Crippen molar-refractivity contribution in [3.63, 3.8) is 0 Å². The Hall–Kier alpha value is -0.410. The summed E-state index contributed by atoms with van der Waals surface area (Å²) < 4.78 is 5.39. The van der Waals surface area contributed by atoms with E-state index in [4.69, 9.17) is 4.74 Å². The first-order valence-corrected chi connectivity index (χ1v) is 7.19. The van der Waals surface area contributed by atoms with Gasteiger partial charge in [0, 0.05) is 13.5 Å². The lowest BCUT2D eigenvalue weighted by Gasteiger charge is -2.37. The van der Waals surface area contributed by atoms with E-state index in [0.717, 1.165) is 25.9 Å². The van der Waals surface area contributed by atoms with Crippen LogP contribution < -0.4 is 0 Å². The van der Waals surface area contributed by atoms with Gasteiger partial charge >= 0.3 is 0 Å². The Labute approximate surface area is 112 Å². The smallest absolute Gasteiger partial charge is 0.152 e. The van der Waals surface area contributed by atoms with Crippen LogP contribution in [-0.2, 0) is 9.53 Å². The maximum Gasteiger partial charge on any atom is 0.152 e. The number of hydrogen-bond acceptors (Lipinski definition) is 3. The molecule has 0 aromatic heterocycles. The molecule has 106 valence electrons. The summed E-state index contributed by atoms with van der Waals surface area (Å²) in [5.74, 6) is 0.372. The van der Waals surface area contributed by atoms with E-state index in [1.54, 1.807) is 7.11 Å². The minimum Gasteiger partial charge on any atom is -0.379 e. The monoisotopic (exact) mass is 255 g/mol. The molecule has 0 saturated carbocycles. The molecule has 1 unspecified atom stereocenters. The molecule has 1 saturated heterocycles. The number of rotatable bonds is 7. The SMILES string of the molecule is CCC(C)(C(=O)CCC(C)(C)OC)N1CCCC1. The Morgan fingerprint density at radius 2 is 1.78 bits per heavy atom. The number of ketones is 1. The number of hydrogen-bond donors (Lipinski definition) is 0. The van der Waals surface area contributed by atoms with Crippen LogP contribution in [0, 0.1) is 0 Å². The van der Waals surface area contributed by atoms with Gasteiger partial charge in [-0.3, -0.25) is 9.69 Å². The van der Waals surface area contributed by atoms with Gasteiger partial charge in [-0.25, -0.2) is 0 Å². The summed E-state index contributed by atoms with van der Waals surface area (Å²) in [6.07, 6.45) is 4.77. The average molecular weight is 255 g/mol. The van der Waals surface area contributed by atoms with E-state index in [9.17, 15) is 4.79 Å². The third-order valence-electron chi connectivity index (χ3n) is 4.60. The molecule has 0 N–H and O–H groups in total. The quantitative estimate of drug-likeness (QED) is 0.700. The number of ether oxygens (including phenoxy) is 1. The van der Waals surface area contributed by atoms with Crippen LogP contribution in [0.3, 0.4) is 0 Å². The highest BCUT2D eigenvalue weighted by atomic mass is 16.5. The van der Waals surface area contributed by atoms with Gasteiger partial charge in [0.05, 0.1) is 11.1 Å². The highest BCUT2D eigenvalue weighted by Gasteiger charge is 2.38. The Kier molecular flexibility index (Phi) is 5.35. The van der Waals surface area contributed by atoms with Crippen LogP contribution in [-0.4, -0.2) is 42.0 Å². The third-order valence-corrected chi connectivity index (χ3v) is 4.60. The Balaban J connectivity index is 2.61. The first-order chi connectivity index (χ1) is 8.35. The number of Topliss-reactive ketones (excluding diaryl/α,β-unsaturated/α-hetero) is 1. The highest BCUT2D eigenvalue weighted by Crippen LogP contribution is 2.28. The summed E-state index contributed by atoms with van der Waals surface area (Å²) >= 11 is 0. The summed E-state index contributed by atoms with van der Waals surface area (Å²) in [6, 6.07) is 0. The van der Waals surface area contributed by atoms with Crippen molar-refractivity contribution in [3.05, 3.63) is 0 Å². The van der Waals surface area contributed by atoms with Crippen LogP contribution in [0.2, 0.25) is 0 Å². The van der Waals surface area contributed by atoms with Crippen LogP contribution in [0.15, 0.2) is 0 Å². The van der Waals surface area contributed by atoms with Crippen molar-refractivity contribution >= 4 is 5.78 Å². The van der Waals surface area contributed by atoms with Gasteiger partial charge in [0.2, 0.25) is 0 Å². The fourth-order valence-corrected chi connectivity index (χ4v) is 2.59. The van der Waals surface area contributed by atoms with Crippen molar-refractivity contribution in [3.8, 4) is 0 Å². The molecule has 0 amide bonds. The molecule has 1 atom stereocenters. The molecule has 0 radical (unpaired) electrons. The molecule has 3 nitrogen and oxygen atoms in total. The van der Waals surface area contributed by atoms with Gasteiger partial charge in [-0.15, -0.1) is 0 Å². The zero-order valence-electron chi connectivity index (χ0n) is 12.7. The summed E-state index contributed by atoms with van der Waals surface area (Å²) in [7, 11) is 1.71. The molecule has 18 heavy (non-hydrogen) atoms. The van der Waals surface area contributed by atoms with E-state index in [0.29, 0.717) is 12.2 Å². The van der Waals surface area contributed by atoms with Gasteiger partial charge in [0.15, 0.2) is 5.78 Å². The lowest BCUT2D eigenvalue weighted by molar-refractivity contribution is -0.131. The molecule has 1 aliphatic rings. The largest absolute Gasteiger partial charge is 0.379 e. The first-order valence-electron chi connectivity index (χ1n) is 7.19. The zero-order chi connectivity index (χ0) is 13.8. The molecule has 3 heteroatoms. The van der Waals surface area contributed by atoms with E-state index in [1.165, 1.54) is 12.8 Å². The second-order valence-electron chi connectivity index (χ2n) is 6.21. The minimum absolute atomic E-state index is 0.199. The van der Waals surface area contributed by atoms with Crippen molar-refractivity contribution in [2.75, 3.05) is 20.2 Å². The summed E-state index contributed by atoms with van der Waals surface area (Å²) in [5.41, 5.74) is -0.463. The lowest BCUT2D eigenvalue weighted by atomic mass is 9.86. The molecular formula is C15H29NO2.